The van der Waals surface area contributed by atoms with Gasteiger partial charge in [0.05, 0.1) is 18.1 Å². The summed E-state index contributed by atoms with van der Waals surface area (Å²) in [6.45, 7) is 0. The molecule has 2 fully saturated rings. The summed E-state index contributed by atoms with van der Waals surface area (Å²) in [6, 6.07) is 0. The second-order valence-electron chi connectivity index (χ2n) is 3.01. The van der Waals surface area contributed by atoms with Gasteiger partial charge in [0.2, 0.25) is 0 Å². The minimum atomic E-state index is -0.688. The lowest BCUT2D eigenvalue weighted by atomic mass is 9.89. The summed E-state index contributed by atoms with van der Waals surface area (Å²) < 4.78 is 5.17. The molecule has 0 spiro atoms. The topological polar surface area (TPSA) is 49.8 Å². The Bertz CT molecular complexity index is 166. The molecule has 1 saturated heterocycles. The molecule has 1 aliphatic heterocycles. The summed E-state index contributed by atoms with van der Waals surface area (Å²) >= 11 is 0. The molecule has 0 aromatic rings. The molecule has 3 nitrogen and oxygen atoms in total. The maximum Gasteiger partial charge on any atom is 0.309 e. The lowest BCUT2D eigenvalue weighted by molar-refractivity contribution is -0.142. The molecule has 0 amide bonds. The number of carboxylic acid groups (broad SMARTS) is 1. The minimum Gasteiger partial charge on any atom is -0.481 e. The number of carbonyl (C=O) groups is 1. The number of fused-ring (bicyclic) bond motifs is 1. The molecule has 1 saturated carbocycles. The molecule has 3 atom stereocenters. The Hall–Kier alpha value is -0.570. The summed E-state index contributed by atoms with van der Waals surface area (Å²) in [5.41, 5.74) is 0. The maximum atomic E-state index is 10.5. The van der Waals surface area contributed by atoms with Crippen LogP contribution in [0.1, 0.15) is 19.3 Å². The fourth-order valence-corrected chi connectivity index (χ4v) is 1.71. The summed E-state index contributed by atoms with van der Waals surface area (Å²) in [5, 5.41) is 8.66. The molecule has 10 heavy (non-hydrogen) atoms. The van der Waals surface area contributed by atoms with Crippen molar-refractivity contribution in [3.05, 3.63) is 0 Å². The van der Waals surface area contributed by atoms with Crippen LogP contribution in [-0.2, 0) is 9.53 Å². The molecule has 1 aliphatic carbocycles. The highest BCUT2D eigenvalue weighted by atomic mass is 16.6. The van der Waals surface area contributed by atoms with E-state index < -0.39 is 5.97 Å². The number of hydrogen-bond acceptors (Lipinski definition) is 2. The van der Waals surface area contributed by atoms with Gasteiger partial charge in [0.25, 0.3) is 0 Å². The van der Waals surface area contributed by atoms with Crippen LogP contribution in [0.2, 0.25) is 0 Å². The Morgan fingerprint density at radius 3 is 2.90 bits per heavy atom. The smallest absolute Gasteiger partial charge is 0.309 e. The number of aliphatic carboxylic acids is 1. The summed E-state index contributed by atoms with van der Waals surface area (Å²) in [7, 11) is 0. The fraction of sp³-hybridized carbons (Fsp3) is 0.857. The first kappa shape index (κ1) is 6.16. The van der Waals surface area contributed by atoms with Gasteiger partial charge in [-0.05, 0) is 19.3 Å². The van der Waals surface area contributed by atoms with Crippen molar-refractivity contribution in [1.29, 1.82) is 0 Å². The number of hydrogen-bond donors (Lipinski definition) is 1. The first-order valence-corrected chi connectivity index (χ1v) is 3.67. The van der Waals surface area contributed by atoms with E-state index in [1.54, 1.807) is 0 Å². The highest BCUT2D eigenvalue weighted by molar-refractivity contribution is 5.71. The van der Waals surface area contributed by atoms with Gasteiger partial charge in [-0.1, -0.05) is 0 Å². The molecule has 0 bridgehead atoms. The van der Waals surface area contributed by atoms with E-state index >= 15 is 0 Å². The highest BCUT2D eigenvalue weighted by Crippen LogP contribution is 2.40. The van der Waals surface area contributed by atoms with Crippen LogP contribution in [0, 0.1) is 5.92 Å². The zero-order valence-corrected chi connectivity index (χ0v) is 5.62. The average Bonchev–Trinajstić information content (AvgIpc) is 2.63. The Balaban J connectivity index is 2.02. The Morgan fingerprint density at radius 2 is 2.30 bits per heavy atom. The van der Waals surface area contributed by atoms with Crippen molar-refractivity contribution < 1.29 is 14.6 Å². The summed E-state index contributed by atoms with van der Waals surface area (Å²) in [4.78, 5) is 10.5. The van der Waals surface area contributed by atoms with Crippen LogP contribution in [-0.4, -0.2) is 23.3 Å². The first-order chi connectivity index (χ1) is 4.79. The second-order valence-corrected chi connectivity index (χ2v) is 3.01. The minimum absolute atomic E-state index is 0.0613. The molecule has 0 aromatic carbocycles. The Morgan fingerprint density at radius 1 is 1.50 bits per heavy atom. The third kappa shape index (κ3) is 0.814. The van der Waals surface area contributed by atoms with Crippen LogP contribution >= 0.6 is 0 Å². The molecule has 3 heteroatoms. The molecule has 0 aromatic heterocycles. The van der Waals surface area contributed by atoms with Crippen molar-refractivity contribution in [1.82, 2.24) is 0 Å². The first-order valence-electron chi connectivity index (χ1n) is 3.67. The van der Waals surface area contributed by atoms with Gasteiger partial charge in [-0.2, -0.15) is 0 Å². The maximum absolute atomic E-state index is 10.5. The van der Waals surface area contributed by atoms with Gasteiger partial charge in [0.1, 0.15) is 0 Å². The Labute approximate surface area is 59.0 Å². The van der Waals surface area contributed by atoms with E-state index in [2.05, 4.69) is 0 Å². The van der Waals surface area contributed by atoms with E-state index in [-0.39, 0.29) is 18.1 Å². The van der Waals surface area contributed by atoms with Crippen molar-refractivity contribution in [2.45, 2.75) is 31.5 Å². The van der Waals surface area contributed by atoms with Gasteiger partial charge in [-0.25, -0.2) is 0 Å². The monoisotopic (exact) mass is 142 g/mol. The van der Waals surface area contributed by atoms with Crippen LogP contribution in [0.4, 0.5) is 0 Å². The number of ether oxygens (including phenoxy) is 1. The van der Waals surface area contributed by atoms with Crippen molar-refractivity contribution in [3.63, 3.8) is 0 Å². The van der Waals surface area contributed by atoms with E-state index in [1.807, 2.05) is 0 Å². The highest BCUT2D eigenvalue weighted by Gasteiger charge is 2.50. The predicted octanol–water partition coefficient (Wildman–Crippen LogP) is 0.639. The van der Waals surface area contributed by atoms with Crippen molar-refractivity contribution in [2.24, 2.45) is 5.92 Å². The fourth-order valence-electron chi connectivity index (χ4n) is 1.71. The van der Waals surface area contributed by atoms with Gasteiger partial charge in [0, 0.05) is 0 Å². The van der Waals surface area contributed by atoms with E-state index in [0.29, 0.717) is 0 Å². The standard InChI is InChI=1S/C7H10O3/c8-7(9)4-2-1-3-5-6(4)10-5/h4-6H,1-3H2,(H,8,9)/t4-,5+,6-/m1/s1. The third-order valence-corrected chi connectivity index (χ3v) is 2.34. The molecule has 2 rings (SSSR count). The number of rotatable bonds is 1. The number of carboxylic acids is 1. The lowest BCUT2D eigenvalue weighted by Gasteiger charge is -2.12. The quantitative estimate of drug-likeness (QED) is 0.546. The van der Waals surface area contributed by atoms with Crippen LogP contribution < -0.4 is 0 Å². The van der Waals surface area contributed by atoms with Crippen molar-refractivity contribution in [3.8, 4) is 0 Å². The van der Waals surface area contributed by atoms with E-state index in [4.69, 9.17) is 9.84 Å². The van der Waals surface area contributed by atoms with Crippen LogP contribution in [0.15, 0.2) is 0 Å². The zero-order chi connectivity index (χ0) is 7.14. The zero-order valence-electron chi connectivity index (χ0n) is 5.62. The molecule has 1 heterocycles. The van der Waals surface area contributed by atoms with Crippen LogP contribution in [0.5, 0.6) is 0 Å². The largest absolute Gasteiger partial charge is 0.481 e. The lowest BCUT2D eigenvalue weighted by Crippen LogP contribution is -2.24. The van der Waals surface area contributed by atoms with Crippen molar-refractivity contribution >= 4 is 5.97 Å². The van der Waals surface area contributed by atoms with E-state index in [9.17, 15) is 4.79 Å². The third-order valence-electron chi connectivity index (χ3n) is 2.34. The van der Waals surface area contributed by atoms with Gasteiger partial charge < -0.3 is 9.84 Å². The number of epoxide rings is 1. The van der Waals surface area contributed by atoms with Crippen LogP contribution in [0.3, 0.4) is 0 Å². The van der Waals surface area contributed by atoms with Gasteiger partial charge >= 0.3 is 5.97 Å². The van der Waals surface area contributed by atoms with Crippen molar-refractivity contribution in [2.75, 3.05) is 0 Å². The van der Waals surface area contributed by atoms with E-state index in [1.165, 1.54) is 0 Å². The molecular weight excluding hydrogens is 132 g/mol. The molecule has 0 unspecified atom stereocenters. The predicted molar refractivity (Wildman–Crippen MR) is 33.6 cm³/mol. The Kier molecular flexibility index (Phi) is 1.20. The molecule has 1 N–H and O–H groups in total. The summed E-state index contributed by atoms with van der Waals surface area (Å²) in [5.74, 6) is -0.897. The molecular formula is C7H10O3. The SMILES string of the molecule is O=C(O)[C@@H]1CCC[C@@H]2O[C@@H]21. The normalized spacial score (nSPS) is 44.2. The van der Waals surface area contributed by atoms with Gasteiger partial charge in [-0.3, -0.25) is 4.79 Å². The molecule has 56 valence electrons. The summed E-state index contributed by atoms with van der Waals surface area (Å²) in [6.07, 6.45) is 3.23. The van der Waals surface area contributed by atoms with Crippen LogP contribution in [0.25, 0.3) is 0 Å². The van der Waals surface area contributed by atoms with Gasteiger partial charge in [-0.15, -0.1) is 0 Å². The average molecular weight is 142 g/mol. The van der Waals surface area contributed by atoms with E-state index in [0.717, 1.165) is 19.3 Å². The molecule has 2 aliphatic rings. The second kappa shape index (κ2) is 1.95. The van der Waals surface area contributed by atoms with Gasteiger partial charge in [0.15, 0.2) is 0 Å². The molecule has 0 radical (unpaired) electrons.